The number of likely N-dealkylation sites (N-methyl/N-ethyl adjacent to an activating group) is 1. The van der Waals surface area contributed by atoms with Crippen molar-refractivity contribution in [3.8, 4) is 0 Å². The van der Waals surface area contributed by atoms with Crippen LogP contribution in [0.4, 0.5) is 8.78 Å². The highest BCUT2D eigenvalue weighted by Crippen LogP contribution is 2.32. The van der Waals surface area contributed by atoms with Gasteiger partial charge in [0.1, 0.15) is 11.6 Å². The van der Waals surface area contributed by atoms with E-state index in [0.29, 0.717) is 18.1 Å². The molecule has 2 aromatic rings. The van der Waals surface area contributed by atoms with Crippen molar-refractivity contribution in [2.75, 3.05) is 13.6 Å². The van der Waals surface area contributed by atoms with Gasteiger partial charge in [0.05, 0.1) is 0 Å². The summed E-state index contributed by atoms with van der Waals surface area (Å²) >= 11 is 0. The molecule has 2 fully saturated rings. The Labute approximate surface area is 154 Å². The van der Waals surface area contributed by atoms with Crippen LogP contribution in [0.15, 0.2) is 48.5 Å². The molecule has 0 radical (unpaired) electrons. The molecule has 2 bridgehead atoms. The summed E-state index contributed by atoms with van der Waals surface area (Å²) in [6.45, 7) is 0.849. The summed E-state index contributed by atoms with van der Waals surface area (Å²) in [5, 5.41) is 3.69. The summed E-state index contributed by atoms with van der Waals surface area (Å²) in [5.74, 6) is -0.349. The number of nitrogens with zero attached hydrogens (tertiary/aromatic N) is 1. The van der Waals surface area contributed by atoms with Gasteiger partial charge in [-0.3, -0.25) is 0 Å². The SMILES string of the molecule is CN(CC(c1ccc(F)cc1)c1ccc(F)cc1)C1CC2CCC(C1)N2. The second-order valence-corrected chi connectivity index (χ2v) is 7.86. The van der Waals surface area contributed by atoms with Gasteiger partial charge in [-0.25, -0.2) is 8.78 Å². The fraction of sp³-hybridized carbons (Fsp3) is 0.455. The summed E-state index contributed by atoms with van der Waals surface area (Å²) < 4.78 is 26.8. The largest absolute Gasteiger partial charge is 0.311 e. The molecule has 138 valence electrons. The van der Waals surface area contributed by atoms with Crippen LogP contribution < -0.4 is 5.32 Å². The van der Waals surface area contributed by atoms with E-state index in [0.717, 1.165) is 17.7 Å². The minimum absolute atomic E-state index is 0.105. The van der Waals surface area contributed by atoms with Crippen LogP contribution in [0.5, 0.6) is 0 Å². The third kappa shape index (κ3) is 3.81. The molecule has 2 aliphatic heterocycles. The monoisotopic (exact) mass is 356 g/mol. The Morgan fingerprint density at radius 2 is 1.35 bits per heavy atom. The van der Waals surface area contributed by atoms with Gasteiger partial charge in [-0.1, -0.05) is 24.3 Å². The number of halogens is 2. The highest BCUT2D eigenvalue weighted by molar-refractivity contribution is 5.33. The summed E-state index contributed by atoms with van der Waals surface area (Å²) in [4.78, 5) is 2.45. The minimum Gasteiger partial charge on any atom is -0.311 e. The molecule has 1 N–H and O–H groups in total. The first-order valence-electron chi connectivity index (χ1n) is 9.55. The quantitative estimate of drug-likeness (QED) is 0.859. The maximum atomic E-state index is 13.4. The van der Waals surface area contributed by atoms with Crippen molar-refractivity contribution in [3.63, 3.8) is 0 Å². The summed E-state index contributed by atoms with van der Waals surface area (Å²) in [6.07, 6.45) is 4.95. The molecular formula is C22H26F2N2. The molecule has 0 aliphatic carbocycles. The molecule has 0 spiro atoms. The molecule has 0 amide bonds. The Hall–Kier alpha value is -1.78. The summed E-state index contributed by atoms with van der Waals surface area (Å²) in [6, 6.07) is 15.3. The van der Waals surface area contributed by atoms with Crippen LogP contribution >= 0.6 is 0 Å². The number of hydrogen-bond acceptors (Lipinski definition) is 2. The number of rotatable bonds is 5. The number of fused-ring (bicyclic) bond motifs is 2. The summed E-state index contributed by atoms with van der Waals surface area (Å²) in [5.41, 5.74) is 2.14. The Morgan fingerprint density at radius 1 is 0.885 bits per heavy atom. The molecule has 4 rings (SSSR count). The zero-order valence-electron chi connectivity index (χ0n) is 15.2. The molecule has 2 saturated heterocycles. The highest BCUT2D eigenvalue weighted by atomic mass is 19.1. The van der Waals surface area contributed by atoms with Crippen LogP contribution in [0, 0.1) is 11.6 Å². The van der Waals surface area contributed by atoms with Crippen molar-refractivity contribution in [1.29, 1.82) is 0 Å². The molecule has 2 aromatic carbocycles. The first kappa shape index (κ1) is 17.6. The van der Waals surface area contributed by atoms with E-state index in [1.807, 2.05) is 24.3 Å². The van der Waals surface area contributed by atoms with Gasteiger partial charge < -0.3 is 10.2 Å². The van der Waals surface area contributed by atoms with Crippen LogP contribution in [0.2, 0.25) is 0 Å². The maximum absolute atomic E-state index is 13.4. The molecular weight excluding hydrogens is 330 g/mol. The lowest BCUT2D eigenvalue weighted by molar-refractivity contribution is 0.168. The molecule has 2 aliphatic rings. The fourth-order valence-electron chi connectivity index (χ4n) is 4.62. The lowest BCUT2D eigenvalue weighted by Gasteiger charge is -2.37. The zero-order chi connectivity index (χ0) is 18.1. The molecule has 2 heterocycles. The molecule has 26 heavy (non-hydrogen) atoms. The van der Waals surface area contributed by atoms with E-state index in [1.54, 1.807) is 0 Å². The van der Waals surface area contributed by atoms with Gasteiger partial charge in [0.15, 0.2) is 0 Å². The van der Waals surface area contributed by atoms with Crippen molar-refractivity contribution in [2.45, 2.75) is 49.7 Å². The average molecular weight is 356 g/mol. The second kappa shape index (κ2) is 7.45. The molecule has 0 saturated carbocycles. The first-order valence-corrected chi connectivity index (χ1v) is 9.55. The number of nitrogens with one attached hydrogen (secondary N) is 1. The summed E-state index contributed by atoms with van der Waals surface area (Å²) in [7, 11) is 2.19. The second-order valence-electron chi connectivity index (χ2n) is 7.86. The van der Waals surface area contributed by atoms with Crippen LogP contribution in [0.3, 0.4) is 0 Å². The standard InChI is InChI=1S/C22H26F2N2/c1-26(21-12-19-10-11-20(13-21)25-19)14-22(15-2-6-17(23)7-3-15)16-4-8-18(24)9-5-16/h2-9,19-22,25H,10-14H2,1H3. The first-order chi connectivity index (χ1) is 12.6. The van der Waals surface area contributed by atoms with Gasteiger partial charge in [-0.15, -0.1) is 0 Å². The van der Waals surface area contributed by atoms with Gasteiger partial charge in [0, 0.05) is 30.6 Å². The predicted octanol–water partition coefficient (Wildman–Crippen LogP) is 4.31. The smallest absolute Gasteiger partial charge is 0.123 e. The van der Waals surface area contributed by atoms with Gasteiger partial charge in [0.25, 0.3) is 0 Å². The van der Waals surface area contributed by atoms with Crippen LogP contribution in [-0.4, -0.2) is 36.6 Å². The van der Waals surface area contributed by atoms with Crippen LogP contribution in [0.25, 0.3) is 0 Å². The highest BCUT2D eigenvalue weighted by Gasteiger charge is 2.35. The van der Waals surface area contributed by atoms with Crippen LogP contribution in [-0.2, 0) is 0 Å². The zero-order valence-corrected chi connectivity index (χ0v) is 15.2. The molecule has 4 heteroatoms. The van der Waals surface area contributed by atoms with Gasteiger partial charge >= 0.3 is 0 Å². The van der Waals surface area contributed by atoms with Crippen molar-refractivity contribution in [1.82, 2.24) is 10.2 Å². The van der Waals surface area contributed by atoms with Gasteiger partial charge in [-0.2, -0.15) is 0 Å². The normalized spacial score (nSPS) is 25.2. The lowest BCUT2D eigenvalue weighted by atomic mass is 9.89. The van der Waals surface area contributed by atoms with E-state index in [4.69, 9.17) is 0 Å². The van der Waals surface area contributed by atoms with Crippen molar-refractivity contribution < 1.29 is 8.78 Å². The lowest BCUT2D eigenvalue weighted by Crippen LogP contribution is -2.47. The topological polar surface area (TPSA) is 15.3 Å². The number of piperidine rings is 1. The van der Waals surface area contributed by atoms with Crippen molar-refractivity contribution >= 4 is 0 Å². The van der Waals surface area contributed by atoms with Gasteiger partial charge in [-0.05, 0) is 68.1 Å². The number of benzene rings is 2. The third-order valence-electron chi connectivity index (χ3n) is 6.09. The van der Waals surface area contributed by atoms with E-state index in [9.17, 15) is 8.78 Å². The Morgan fingerprint density at radius 3 is 1.81 bits per heavy atom. The fourth-order valence-corrected chi connectivity index (χ4v) is 4.62. The van der Waals surface area contributed by atoms with Crippen LogP contribution in [0.1, 0.15) is 42.7 Å². The minimum atomic E-state index is -0.227. The maximum Gasteiger partial charge on any atom is 0.123 e. The van der Waals surface area contributed by atoms with E-state index in [2.05, 4.69) is 17.3 Å². The Kier molecular flexibility index (Phi) is 5.05. The van der Waals surface area contributed by atoms with Crippen molar-refractivity contribution in [2.24, 2.45) is 0 Å². The van der Waals surface area contributed by atoms with Crippen molar-refractivity contribution in [3.05, 3.63) is 71.3 Å². The molecule has 2 atom stereocenters. The Balaban J connectivity index is 1.56. The predicted molar refractivity (Wildman–Crippen MR) is 100 cm³/mol. The average Bonchev–Trinajstić information content (AvgIpc) is 2.99. The van der Waals surface area contributed by atoms with E-state index < -0.39 is 0 Å². The van der Waals surface area contributed by atoms with E-state index in [1.165, 1.54) is 49.9 Å². The van der Waals surface area contributed by atoms with Gasteiger partial charge in [0.2, 0.25) is 0 Å². The number of hydrogen-bond donors (Lipinski definition) is 1. The molecule has 2 nitrogen and oxygen atoms in total. The Bertz CT molecular complexity index is 671. The third-order valence-corrected chi connectivity index (χ3v) is 6.09. The molecule has 0 aromatic heterocycles. The van der Waals surface area contributed by atoms with E-state index >= 15 is 0 Å². The molecule has 2 unspecified atom stereocenters. The van der Waals surface area contributed by atoms with E-state index in [-0.39, 0.29) is 17.6 Å².